The van der Waals surface area contributed by atoms with E-state index in [-0.39, 0.29) is 12.4 Å². The molecule has 1 aromatic carbocycles. The topological polar surface area (TPSA) is 43.8 Å². The summed E-state index contributed by atoms with van der Waals surface area (Å²) in [7, 11) is 1.86. The third-order valence-electron chi connectivity index (χ3n) is 4.54. The Kier molecular flexibility index (Phi) is 5.91. The zero-order valence-electron chi connectivity index (χ0n) is 13.4. The summed E-state index contributed by atoms with van der Waals surface area (Å²) in [5.41, 5.74) is 1.88. The molecule has 0 spiro atoms. The summed E-state index contributed by atoms with van der Waals surface area (Å²) in [5, 5.41) is 8.86. The Labute approximate surface area is 131 Å². The monoisotopic (exact) mass is 308 g/mol. The molecule has 2 rings (SSSR count). The first-order chi connectivity index (χ1) is 10.5. The highest BCUT2D eigenvalue weighted by Gasteiger charge is 2.24. The number of aryl methyl sites for hydroxylation is 1. The van der Waals surface area contributed by atoms with Crippen molar-refractivity contribution in [3.63, 3.8) is 0 Å². The Morgan fingerprint density at radius 2 is 2.09 bits per heavy atom. The van der Waals surface area contributed by atoms with Crippen molar-refractivity contribution in [2.75, 3.05) is 26.7 Å². The molecule has 0 radical (unpaired) electrons. The van der Waals surface area contributed by atoms with Crippen molar-refractivity contribution in [3.05, 3.63) is 35.1 Å². The number of carbonyl (C=O) groups is 1. The molecule has 1 N–H and O–H groups in total. The van der Waals surface area contributed by atoms with Crippen LogP contribution in [0.15, 0.2) is 18.2 Å². The van der Waals surface area contributed by atoms with Gasteiger partial charge in [-0.15, -0.1) is 0 Å². The molecule has 1 aromatic rings. The van der Waals surface area contributed by atoms with Crippen LogP contribution >= 0.6 is 0 Å². The standard InChI is InChI=1S/C17H25FN2O2/c1-3-13-5-4-6-16(18)15(13)11-20-9-7-14(8-10-20)19(2)12-17(21)22/h4-6,14H,3,7-12H2,1-2H3,(H,21,22). The van der Waals surface area contributed by atoms with Crippen molar-refractivity contribution >= 4 is 5.97 Å². The van der Waals surface area contributed by atoms with Crippen molar-refractivity contribution in [2.24, 2.45) is 0 Å². The molecule has 5 heteroatoms. The van der Waals surface area contributed by atoms with Gasteiger partial charge < -0.3 is 5.11 Å². The molecular weight excluding hydrogens is 283 g/mol. The third kappa shape index (κ3) is 4.27. The van der Waals surface area contributed by atoms with E-state index in [0.29, 0.717) is 12.6 Å². The Balaban J connectivity index is 1.92. The molecule has 0 aromatic heterocycles. The summed E-state index contributed by atoms with van der Waals surface area (Å²) >= 11 is 0. The lowest BCUT2D eigenvalue weighted by molar-refractivity contribution is -0.138. The van der Waals surface area contributed by atoms with Crippen LogP contribution in [0.2, 0.25) is 0 Å². The van der Waals surface area contributed by atoms with Crippen LogP contribution in [0.5, 0.6) is 0 Å². The zero-order valence-corrected chi connectivity index (χ0v) is 13.4. The van der Waals surface area contributed by atoms with Crippen LogP contribution in [0.3, 0.4) is 0 Å². The summed E-state index contributed by atoms with van der Waals surface area (Å²) in [6, 6.07) is 5.59. The summed E-state index contributed by atoms with van der Waals surface area (Å²) < 4.78 is 14.0. The van der Waals surface area contributed by atoms with Crippen molar-refractivity contribution < 1.29 is 14.3 Å². The van der Waals surface area contributed by atoms with Crippen LogP contribution in [0.25, 0.3) is 0 Å². The van der Waals surface area contributed by atoms with Crippen molar-refractivity contribution in [2.45, 2.75) is 38.8 Å². The van der Waals surface area contributed by atoms with Crippen molar-refractivity contribution in [3.8, 4) is 0 Å². The number of piperidine rings is 1. The third-order valence-corrected chi connectivity index (χ3v) is 4.54. The molecule has 0 atom stereocenters. The van der Waals surface area contributed by atoms with E-state index in [9.17, 15) is 9.18 Å². The quantitative estimate of drug-likeness (QED) is 0.876. The SMILES string of the molecule is CCc1cccc(F)c1CN1CCC(N(C)CC(=O)O)CC1. The molecule has 0 aliphatic carbocycles. The first-order valence-corrected chi connectivity index (χ1v) is 7.92. The molecule has 4 nitrogen and oxygen atoms in total. The number of carboxylic acid groups (broad SMARTS) is 1. The van der Waals surface area contributed by atoms with Crippen LogP contribution in [-0.4, -0.2) is 53.6 Å². The van der Waals surface area contributed by atoms with Crippen LogP contribution in [0.1, 0.15) is 30.9 Å². The lowest BCUT2D eigenvalue weighted by Gasteiger charge is -2.36. The number of aliphatic carboxylic acids is 1. The van der Waals surface area contributed by atoms with Gasteiger partial charge in [0.25, 0.3) is 0 Å². The van der Waals surface area contributed by atoms with Gasteiger partial charge in [-0.2, -0.15) is 0 Å². The number of carboxylic acids is 1. The molecule has 1 saturated heterocycles. The summed E-state index contributed by atoms with van der Waals surface area (Å²) in [5.74, 6) is -0.909. The first-order valence-electron chi connectivity index (χ1n) is 7.92. The molecule has 1 heterocycles. The fourth-order valence-corrected chi connectivity index (χ4v) is 3.20. The minimum absolute atomic E-state index is 0.0813. The molecule has 0 bridgehead atoms. The van der Waals surface area contributed by atoms with Crippen LogP contribution < -0.4 is 0 Å². The van der Waals surface area contributed by atoms with Gasteiger partial charge in [-0.05, 0) is 51.0 Å². The van der Waals surface area contributed by atoms with Crippen LogP contribution in [-0.2, 0) is 17.8 Å². The fourth-order valence-electron chi connectivity index (χ4n) is 3.20. The zero-order chi connectivity index (χ0) is 16.1. The Hall–Kier alpha value is -1.46. The van der Waals surface area contributed by atoms with E-state index in [1.807, 2.05) is 24.9 Å². The molecule has 122 valence electrons. The number of benzene rings is 1. The molecule has 1 aliphatic rings. The van der Waals surface area contributed by atoms with Gasteiger partial charge in [0, 0.05) is 18.2 Å². The first kappa shape index (κ1) is 16.9. The number of hydrogen-bond acceptors (Lipinski definition) is 3. The Bertz CT molecular complexity index is 513. The number of likely N-dealkylation sites (tertiary alicyclic amines) is 1. The van der Waals surface area contributed by atoms with Gasteiger partial charge in [0.15, 0.2) is 0 Å². The summed E-state index contributed by atoms with van der Waals surface area (Å²) in [6.07, 6.45) is 2.70. The van der Waals surface area contributed by atoms with Crippen LogP contribution in [0, 0.1) is 5.82 Å². The van der Waals surface area contributed by atoms with Gasteiger partial charge in [-0.3, -0.25) is 14.6 Å². The van der Waals surface area contributed by atoms with E-state index in [2.05, 4.69) is 4.90 Å². The van der Waals surface area contributed by atoms with Gasteiger partial charge in [-0.1, -0.05) is 19.1 Å². The molecule has 0 amide bonds. The predicted molar refractivity (Wildman–Crippen MR) is 84.3 cm³/mol. The number of likely N-dealkylation sites (N-methyl/N-ethyl adjacent to an activating group) is 1. The minimum Gasteiger partial charge on any atom is -0.480 e. The van der Waals surface area contributed by atoms with E-state index < -0.39 is 5.97 Å². The predicted octanol–water partition coefficient (Wildman–Crippen LogP) is 2.37. The van der Waals surface area contributed by atoms with E-state index in [0.717, 1.165) is 43.5 Å². The second kappa shape index (κ2) is 7.70. The largest absolute Gasteiger partial charge is 0.480 e. The van der Waals surface area contributed by atoms with Crippen molar-refractivity contribution in [1.82, 2.24) is 9.80 Å². The highest BCUT2D eigenvalue weighted by atomic mass is 19.1. The number of rotatable bonds is 6. The van der Waals surface area contributed by atoms with E-state index in [1.54, 1.807) is 6.07 Å². The van der Waals surface area contributed by atoms with Gasteiger partial charge >= 0.3 is 5.97 Å². The highest BCUT2D eigenvalue weighted by Crippen LogP contribution is 2.21. The molecule has 22 heavy (non-hydrogen) atoms. The molecule has 0 saturated carbocycles. The average Bonchev–Trinajstić information content (AvgIpc) is 2.49. The number of nitrogens with zero attached hydrogens (tertiary/aromatic N) is 2. The maximum atomic E-state index is 14.0. The second-order valence-corrected chi connectivity index (χ2v) is 6.05. The average molecular weight is 308 g/mol. The van der Waals surface area contributed by atoms with Gasteiger partial charge in [-0.25, -0.2) is 4.39 Å². The molecular formula is C17H25FN2O2. The van der Waals surface area contributed by atoms with E-state index in [4.69, 9.17) is 5.11 Å². The fraction of sp³-hybridized carbons (Fsp3) is 0.588. The summed E-state index contributed by atoms with van der Waals surface area (Å²) in [4.78, 5) is 14.9. The second-order valence-electron chi connectivity index (χ2n) is 6.05. The van der Waals surface area contributed by atoms with Gasteiger partial charge in [0.1, 0.15) is 5.82 Å². The maximum absolute atomic E-state index is 14.0. The maximum Gasteiger partial charge on any atom is 0.317 e. The lowest BCUT2D eigenvalue weighted by atomic mass is 10.0. The number of halogens is 1. The molecule has 1 fully saturated rings. The summed E-state index contributed by atoms with van der Waals surface area (Å²) in [6.45, 7) is 4.53. The lowest BCUT2D eigenvalue weighted by Crippen LogP contribution is -2.44. The smallest absolute Gasteiger partial charge is 0.317 e. The van der Waals surface area contributed by atoms with Crippen LogP contribution in [0.4, 0.5) is 4.39 Å². The molecule has 0 unspecified atom stereocenters. The van der Waals surface area contributed by atoms with Gasteiger partial charge in [0.05, 0.1) is 6.54 Å². The van der Waals surface area contributed by atoms with E-state index >= 15 is 0 Å². The Morgan fingerprint density at radius 1 is 1.41 bits per heavy atom. The highest BCUT2D eigenvalue weighted by molar-refractivity contribution is 5.69. The number of hydrogen-bond donors (Lipinski definition) is 1. The van der Waals surface area contributed by atoms with E-state index in [1.165, 1.54) is 6.07 Å². The normalized spacial score (nSPS) is 17.1. The van der Waals surface area contributed by atoms with Gasteiger partial charge in [0.2, 0.25) is 0 Å². The van der Waals surface area contributed by atoms with Crippen molar-refractivity contribution in [1.29, 1.82) is 0 Å². The Morgan fingerprint density at radius 3 is 2.68 bits per heavy atom. The minimum atomic E-state index is -0.788. The molecule has 1 aliphatic heterocycles.